The summed E-state index contributed by atoms with van der Waals surface area (Å²) in [6.45, 7) is 9.19. The van der Waals surface area contributed by atoms with E-state index in [1.54, 1.807) is 6.20 Å². The minimum atomic E-state index is -0.449. The van der Waals surface area contributed by atoms with Crippen molar-refractivity contribution in [1.29, 1.82) is 0 Å². The predicted molar refractivity (Wildman–Crippen MR) is 83.4 cm³/mol. The van der Waals surface area contributed by atoms with Crippen LogP contribution < -0.4 is 5.32 Å². The molecule has 21 heavy (non-hydrogen) atoms. The van der Waals surface area contributed by atoms with Gasteiger partial charge in [0.25, 0.3) is 0 Å². The van der Waals surface area contributed by atoms with Crippen LogP contribution in [-0.2, 0) is 4.74 Å². The van der Waals surface area contributed by atoms with Crippen molar-refractivity contribution in [3.63, 3.8) is 0 Å². The number of nitrogens with one attached hydrogen (secondary N) is 1. The topological polar surface area (TPSA) is 54.5 Å². The van der Waals surface area contributed by atoms with Crippen LogP contribution in [0, 0.1) is 6.92 Å². The lowest BCUT2D eigenvalue weighted by Crippen LogP contribution is -2.42. The fraction of sp³-hybridized carbons (Fsp3) is 0.625. The molecule has 1 N–H and O–H groups in total. The van der Waals surface area contributed by atoms with E-state index in [1.165, 1.54) is 5.56 Å². The van der Waals surface area contributed by atoms with Crippen molar-refractivity contribution in [3.8, 4) is 0 Å². The van der Waals surface area contributed by atoms with Crippen LogP contribution in [0.4, 0.5) is 10.6 Å². The smallest absolute Gasteiger partial charge is 0.410 e. The van der Waals surface area contributed by atoms with Crippen LogP contribution in [-0.4, -0.2) is 40.7 Å². The highest BCUT2D eigenvalue weighted by atomic mass is 16.6. The normalized spacial score (nSPS) is 18.7. The predicted octanol–water partition coefficient (Wildman–Crippen LogP) is 3.20. The van der Waals surface area contributed by atoms with Gasteiger partial charge in [0.15, 0.2) is 0 Å². The first kappa shape index (κ1) is 15.6. The van der Waals surface area contributed by atoms with Crippen molar-refractivity contribution >= 4 is 11.9 Å². The lowest BCUT2D eigenvalue weighted by Gasteiger charge is -2.28. The number of hydrogen-bond acceptors (Lipinski definition) is 4. The van der Waals surface area contributed by atoms with Gasteiger partial charge < -0.3 is 15.0 Å². The quantitative estimate of drug-likeness (QED) is 0.929. The third kappa shape index (κ3) is 4.62. The number of pyridine rings is 1. The molecule has 0 spiro atoms. The Bertz CT molecular complexity index is 497. The first-order valence-electron chi connectivity index (χ1n) is 7.51. The molecule has 5 heteroatoms. The average Bonchev–Trinajstić information content (AvgIpc) is 2.83. The molecule has 1 fully saturated rings. The molecule has 116 valence electrons. The highest BCUT2D eigenvalue weighted by Crippen LogP contribution is 2.21. The number of likely N-dealkylation sites (tertiary alicyclic amines) is 1. The molecular formula is C16H25N3O2. The first-order valence-corrected chi connectivity index (χ1v) is 7.51. The molecule has 0 aliphatic carbocycles. The Kier molecular flexibility index (Phi) is 4.70. The second-order valence-corrected chi connectivity index (χ2v) is 6.57. The minimum Gasteiger partial charge on any atom is -0.444 e. The van der Waals surface area contributed by atoms with Gasteiger partial charge in [0, 0.05) is 19.3 Å². The number of aryl methyl sites for hydroxylation is 1. The van der Waals surface area contributed by atoms with E-state index >= 15 is 0 Å². The van der Waals surface area contributed by atoms with Gasteiger partial charge in [-0.15, -0.1) is 0 Å². The summed E-state index contributed by atoms with van der Waals surface area (Å²) in [7, 11) is 0. The maximum atomic E-state index is 12.2. The molecule has 1 amide bonds. The summed E-state index contributed by atoms with van der Waals surface area (Å²) >= 11 is 0. The molecule has 0 saturated carbocycles. The van der Waals surface area contributed by atoms with Crippen molar-refractivity contribution < 1.29 is 9.53 Å². The summed E-state index contributed by atoms with van der Waals surface area (Å²) in [6, 6.07) is 4.14. The molecule has 1 aliphatic heterocycles. The van der Waals surface area contributed by atoms with Gasteiger partial charge in [-0.1, -0.05) is 0 Å². The second-order valence-electron chi connectivity index (χ2n) is 6.57. The largest absolute Gasteiger partial charge is 0.444 e. The maximum Gasteiger partial charge on any atom is 0.410 e. The summed E-state index contributed by atoms with van der Waals surface area (Å²) in [5, 5.41) is 3.31. The van der Waals surface area contributed by atoms with Crippen LogP contribution in [0.2, 0.25) is 0 Å². The van der Waals surface area contributed by atoms with Crippen LogP contribution in [0.3, 0.4) is 0 Å². The summed E-state index contributed by atoms with van der Waals surface area (Å²) in [5.41, 5.74) is 0.721. The van der Waals surface area contributed by atoms with Crippen LogP contribution >= 0.6 is 0 Å². The molecule has 1 atom stereocenters. The number of ether oxygens (including phenoxy) is 1. The molecule has 1 aromatic rings. The summed E-state index contributed by atoms with van der Waals surface area (Å²) in [4.78, 5) is 18.3. The minimum absolute atomic E-state index is 0.169. The van der Waals surface area contributed by atoms with Gasteiger partial charge in [0.05, 0.1) is 6.04 Å². The number of amides is 1. The Morgan fingerprint density at radius 3 is 2.95 bits per heavy atom. The molecule has 0 radical (unpaired) electrons. The van der Waals surface area contributed by atoms with E-state index < -0.39 is 5.60 Å². The zero-order chi connectivity index (χ0) is 15.5. The summed E-state index contributed by atoms with van der Waals surface area (Å²) < 4.78 is 5.47. The van der Waals surface area contributed by atoms with Crippen molar-refractivity contribution in [2.75, 3.05) is 18.4 Å². The Hall–Kier alpha value is -1.78. The van der Waals surface area contributed by atoms with Gasteiger partial charge >= 0.3 is 6.09 Å². The average molecular weight is 291 g/mol. The SMILES string of the molecule is Cc1ccnc(NC[C@H]2CCCN2C(=O)OC(C)(C)C)c1. The molecule has 2 rings (SSSR count). The van der Waals surface area contributed by atoms with Crippen molar-refractivity contribution in [2.45, 2.75) is 52.2 Å². The van der Waals surface area contributed by atoms with Crippen molar-refractivity contribution in [1.82, 2.24) is 9.88 Å². The third-order valence-corrected chi connectivity index (χ3v) is 3.44. The molecule has 1 aliphatic rings. The Labute approximate surface area is 126 Å². The highest BCUT2D eigenvalue weighted by Gasteiger charge is 2.31. The molecule has 1 saturated heterocycles. The van der Waals surface area contributed by atoms with E-state index in [4.69, 9.17) is 4.74 Å². The lowest BCUT2D eigenvalue weighted by molar-refractivity contribution is 0.0235. The standard InChI is InChI=1S/C16H25N3O2/c1-12-7-8-17-14(10-12)18-11-13-6-5-9-19(13)15(20)21-16(2,3)4/h7-8,10,13H,5-6,9,11H2,1-4H3,(H,17,18)/t13-/m1/s1. The molecule has 0 aromatic carbocycles. The zero-order valence-electron chi connectivity index (χ0n) is 13.3. The summed E-state index contributed by atoms with van der Waals surface area (Å²) in [6.07, 6.45) is 3.59. The third-order valence-electron chi connectivity index (χ3n) is 3.44. The Balaban J connectivity index is 1.91. The first-order chi connectivity index (χ1) is 9.85. The molecule has 0 unspecified atom stereocenters. The monoisotopic (exact) mass is 291 g/mol. The molecular weight excluding hydrogens is 266 g/mol. The van der Waals surface area contributed by atoms with Crippen molar-refractivity contribution in [2.24, 2.45) is 0 Å². The highest BCUT2D eigenvalue weighted by molar-refractivity contribution is 5.69. The zero-order valence-corrected chi connectivity index (χ0v) is 13.3. The Morgan fingerprint density at radius 1 is 1.52 bits per heavy atom. The number of carbonyl (C=O) groups excluding carboxylic acids is 1. The van der Waals surface area contributed by atoms with Crippen LogP contribution in [0.5, 0.6) is 0 Å². The van der Waals surface area contributed by atoms with E-state index in [9.17, 15) is 4.79 Å². The molecule has 2 heterocycles. The second kappa shape index (κ2) is 6.33. The van der Waals surface area contributed by atoms with Gasteiger partial charge in [-0.05, 0) is 58.2 Å². The fourth-order valence-electron chi connectivity index (χ4n) is 2.46. The van der Waals surface area contributed by atoms with Gasteiger partial charge in [0.1, 0.15) is 11.4 Å². The molecule has 5 nitrogen and oxygen atoms in total. The van der Waals surface area contributed by atoms with E-state index in [0.29, 0.717) is 6.54 Å². The van der Waals surface area contributed by atoms with E-state index in [-0.39, 0.29) is 12.1 Å². The number of rotatable bonds is 3. The van der Waals surface area contributed by atoms with Crippen molar-refractivity contribution in [3.05, 3.63) is 23.9 Å². The summed E-state index contributed by atoms with van der Waals surface area (Å²) in [5.74, 6) is 0.853. The lowest BCUT2D eigenvalue weighted by atomic mass is 10.2. The number of aromatic nitrogens is 1. The number of nitrogens with zero attached hydrogens (tertiary/aromatic N) is 2. The van der Waals surface area contributed by atoms with Crippen LogP contribution in [0.25, 0.3) is 0 Å². The number of anilines is 1. The fourth-order valence-corrected chi connectivity index (χ4v) is 2.46. The van der Waals surface area contributed by atoms with E-state index in [0.717, 1.165) is 25.2 Å². The maximum absolute atomic E-state index is 12.2. The molecule has 0 bridgehead atoms. The van der Waals surface area contributed by atoms with Gasteiger partial charge in [0.2, 0.25) is 0 Å². The van der Waals surface area contributed by atoms with Crippen LogP contribution in [0.15, 0.2) is 18.3 Å². The van der Waals surface area contributed by atoms with E-state index in [1.807, 2.05) is 44.7 Å². The Morgan fingerprint density at radius 2 is 2.29 bits per heavy atom. The number of carbonyl (C=O) groups is 1. The van der Waals surface area contributed by atoms with Gasteiger partial charge in [-0.25, -0.2) is 9.78 Å². The van der Waals surface area contributed by atoms with Crippen LogP contribution in [0.1, 0.15) is 39.2 Å². The van der Waals surface area contributed by atoms with Gasteiger partial charge in [-0.2, -0.15) is 0 Å². The van der Waals surface area contributed by atoms with Gasteiger partial charge in [-0.3, -0.25) is 0 Å². The molecule has 1 aromatic heterocycles. The van der Waals surface area contributed by atoms with E-state index in [2.05, 4.69) is 10.3 Å². The number of hydrogen-bond donors (Lipinski definition) is 1.